The molecule has 132 valence electrons. The molecule has 25 heavy (non-hydrogen) atoms. The summed E-state index contributed by atoms with van der Waals surface area (Å²) in [5.41, 5.74) is 1.01. The van der Waals surface area contributed by atoms with Gasteiger partial charge in [0.2, 0.25) is 0 Å². The fraction of sp³-hybridized carbons (Fsp3) is 0.118. The number of hydrogen-bond donors (Lipinski definition) is 1. The van der Waals surface area contributed by atoms with Gasteiger partial charge in [0.15, 0.2) is 0 Å². The summed E-state index contributed by atoms with van der Waals surface area (Å²) in [6.45, 7) is 0. The second-order valence-electron chi connectivity index (χ2n) is 4.95. The van der Waals surface area contributed by atoms with Crippen LogP contribution in [0, 0.1) is 7.14 Å². The van der Waals surface area contributed by atoms with Crippen LogP contribution in [0.5, 0.6) is 5.75 Å². The first-order valence-corrected chi connectivity index (χ1v) is 9.04. The van der Waals surface area contributed by atoms with Gasteiger partial charge in [-0.05, 0) is 68.4 Å². The van der Waals surface area contributed by atoms with Gasteiger partial charge in [-0.3, -0.25) is 0 Å². The van der Waals surface area contributed by atoms with Crippen molar-refractivity contribution in [2.75, 3.05) is 0 Å². The van der Waals surface area contributed by atoms with Crippen LogP contribution in [0.25, 0.3) is 6.08 Å². The smallest absolute Gasteiger partial charge is 0.398 e. The zero-order valence-electron chi connectivity index (χ0n) is 12.5. The molecule has 1 unspecified atom stereocenters. The Morgan fingerprint density at radius 2 is 1.76 bits per heavy atom. The molecule has 0 aliphatic carbocycles. The molecule has 0 aromatic heterocycles. The molecule has 2 aromatic rings. The van der Waals surface area contributed by atoms with Crippen molar-refractivity contribution in [1.82, 2.24) is 0 Å². The predicted octanol–water partition coefficient (Wildman–Crippen LogP) is 3.72. The molecule has 0 fully saturated rings. The lowest BCUT2D eigenvalue weighted by atomic mass is 10.1. The molecule has 2 aromatic carbocycles. The number of carboxylic acids is 1. The number of rotatable bonds is 6. The second-order valence-corrected chi connectivity index (χ2v) is 7.27. The molecule has 0 aliphatic heterocycles. The predicted molar refractivity (Wildman–Crippen MR) is 103 cm³/mol. The summed E-state index contributed by atoms with van der Waals surface area (Å²) in [5, 5.41) is 20.3. The van der Waals surface area contributed by atoms with Crippen molar-refractivity contribution >= 4 is 57.2 Å². The molecule has 0 heterocycles. The molecular formula is C17H11F2I2O4-. The van der Waals surface area contributed by atoms with E-state index in [1.165, 1.54) is 12.2 Å². The van der Waals surface area contributed by atoms with E-state index in [0.29, 0.717) is 18.3 Å². The van der Waals surface area contributed by atoms with Crippen LogP contribution in [-0.4, -0.2) is 17.2 Å². The van der Waals surface area contributed by atoms with E-state index >= 15 is 0 Å². The number of ether oxygens (including phenoxy) is 1. The summed E-state index contributed by atoms with van der Waals surface area (Å²) in [6.07, 6.45) is -2.88. The lowest BCUT2D eigenvalue weighted by molar-refractivity contribution is -0.367. The maximum absolute atomic E-state index is 13.4. The van der Waals surface area contributed by atoms with Crippen molar-refractivity contribution in [2.24, 2.45) is 0 Å². The Morgan fingerprint density at radius 1 is 1.20 bits per heavy atom. The summed E-state index contributed by atoms with van der Waals surface area (Å²) in [4.78, 5) is 10.5. The average Bonchev–Trinajstić information content (AvgIpc) is 2.56. The Hall–Kier alpha value is -1.27. The third-order valence-corrected chi connectivity index (χ3v) is 4.79. The number of carbonyl (C=O) groups is 1. The zero-order chi connectivity index (χ0) is 18.6. The number of carboxylic acid groups (broad SMARTS) is 1. The fourth-order valence-corrected chi connectivity index (χ4v) is 3.76. The van der Waals surface area contributed by atoms with Crippen LogP contribution in [0.4, 0.5) is 8.78 Å². The largest absolute Gasteiger partial charge is 0.542 e. The number of aromatic hydroxyl groups is 1. The van der Waals surface area contributed by atoms with E-state index in [1.54, 1.807) is 42.5 Å². The fourth-order valence-electron chi connectivity index (χ4n) is 1.95. The minimum atomic E-state index is -4.43. The Labute approximate surface area is 169 Å². The number of phenols is 1. The van der Waals surface area contributed by atoms with Crippen molar-refractivity contribution in [2.45, 2.75) is 12.2 Å². The van der Waals surface area contributed by atoms with Gasteiger partial charge >= 0.3 is 6.11 Å². The van der Waals surface area contributed by atoms with Crippen LogP contribution in [-0.2, 0) is 9.53 Å². The minimum Gasteiger partial charge on any atom is -0.542 e. The van der Waals surface area contributed by atoms with Crippen LogP contribution in [0.15, 0.2) is 48.5 Å². The number of hydrogen-bond acceptors (Lipinski definition) is 4. The summed E-state index contributed by atoms with van der Waals surface area (Å²) in [7, 11) is 0. The molecule has 1 N–H and O–H groups in total. The van der Waals surface area contributed by atoms with Gasteiger partial charge in [-0.15, -0.1) is 0 Å². The van der Waals surface area contributed by atoms with E-state index in [1.807, 2.05) is 45.2 Å². The topological polar surface area (TPSA) is 69.6 Å². The van der Waals surface area contributed by atoms with Crippen LogP contribution in [0.1, 0.15) is 17.2 Å². The van der Waals surface area contributed by atoms with E-state index in [4.69, 9.17) is 0 Å². The van der Waals surface area contributed by atoms with E-state index < -0.39 is 18.2 Å². The quantitative estimate of drug-likeness (QED) is 0.538. The molecule has 4 nitrogen and oxygen atoms in total. The van der Waals surface area contributed by atoms with Gasteiger partial charge in [0.1, 0.15) is 17.8 Å². The molecule has 0 aliphatic rings. The van der Waals surface area contributed by atoms with Crippen molar-refractivity contribution in [3.63, 3.8) is 0 Å². The number of phenolic OH excluding ortho intramolecular Hbond substituents is 1. The summed E-state index contributed by atoms with van der Waals surface area (Å²) in [6, 6.07) is 11.4. The molecule has 0 spiro atoms. The third-order valence-electron chi connectivity index (χ3n) is 3.14. The monoisotopic (exact) mass is 571 g/mol. The van der Waals surface area contributed by atoms with Crippen LogP contribution in [0.2, 0.25) is 0 Å². The highest BCUT2D eigenvalue weighted by atomic mass is 127. The Balaban J connectivity index is 2.35. The van der Waals surface area contributed by atoms with Crippen molar-refractivity contribution in [3.05, 3.63) is 66.8 Å². The maximum Gasteiger partial charge on any atom is 0.398 e. The SMILES string of the molecule is O=C([O-])C(F)(F)OC(/C=C/c1cc(I)c(O)c(I)c1)c1ccccc1. The van der Waals surface area contributed by atoms with Gasteiger partial charge in [0.25, 0.3) is 0 Å². The molecule has 0 radical (unpaired) electrons. The maximum atomic E-state index is 13.4. The van der Waals surface area contributed by atoms with Crippen molar-refractivity contribution < 1.29 is 28.5 Å². The highest BCUT2D eigenvalue weighted by Crippen LogP contribution is 2.30. The van der Waals surface area contributed by atoms with Gasteiger partial charge in [0, 0.05) is 0 Å². The lowest BCUT2D eigenvalue weighted by Crippen LogP contribution is -2.44. The highest BCUT2D eigenvalue weighted by molar-refractivity contribution is 14.1. The van der Waals surface area contributed by atoms with Crippen LogP contribution < -0.4 is 5.11 Å². The number of halogens is 4. The molecule has 0 saturated heterocycles. The molecule has 0 amide bonds. The van der Waals surface area contributed by atoms with E-state index in [-0.39, 0.29) is 5.75 Å². The van der Waals surface area contributed by atoms with Gasteiger partial charge in [0.05, 0.1) is 7.14 Å². The van der Waals surface area contributed by atoms with Crippen LogP contribution in [0.3, 0.4) is 0 Å². The van der Waals surface area contributed by atoms with E-state index in [2.05, 4.69) is 4.74 Å². The van der Waals surface area contributed by atoms with E-state index in [0.717, 1.165) is 0 Å². The van der Waals surface area contributed by atoms with E-state index in [9.17, 15) is 23.8 Å². The highest BCUT2D eigenvalue weighted by Gasteiger charge is 2.35. The Morgan fingerprint density at radius 3 is 2.28 bits per heavy atom. The molecule has 2 rings (SSSR count). The molecule has 8 heteroatoms. The van der Waals surface area contributed by atoms with Gasteiger partial charge in [-0.2, -0.15) is 8.78 Å². The first-order valence-electron chi connectivity index (χ1n) is 6.89. The number of aliphatic carboxylic acids is 1. The van der Waals surface area contributed by atoms with Crippen molar-refractivity contribution in [3.8, 4) is 5.75 Å². The summed E-state index contributed by atoms with van der Waals surface area (Å²) in [5.74, 6) is -2.46. The lowest BCUT2D eigenvalue weighted by Gasteiger charge is -2.23. The molecule has 0 bridgehead atoms. The molecule has 0 saturated carbocycles. The minimum absolute atomic E-state index is 0.137. The number of benzene rings is 2. The Kier molecular flexibility index (Phi) is 6.74. The average molecular weight is 571 g/mol. The summed E-state index contributed by atoms with van der Waals surface area (Å²) < 4.78 is 32.5. The van der Waals surface area contributed by atoms with Crippen molar-refractivity contribution in [1.29, 1.82) is 0 Å². The second kappa shape index (κ2) is 8.41. The number of carbonyl (C=O) groups excluding carboxylic acids is 1. The standard InChI is InChI=1S/C17H12F2I2O4/c18-17(19,16(23)24)25-14(11-4-2-1-3-5-11)7-6-10-8-12(20)15(22)13(21)9-10/h1-9,14,22H,(H,23,24)/p-1/b7-6+. The van der Waals surface area contributed by atoms with Gasteiger partial charge in [-0.1, -0.05) is 42.5 Å². The Bertz CT molecular complexity index is 771. The van der Waals surface area contributed by atoms with Gasteiger partial charge < -0.3 is 19.7 Å². The zero-order valence-corrected chi connectivity index (χ0v) is 16.8. The molecular weight excluding hydrogens is 560 g/mol. The van der Waals surface area contributed by atoms with Crippen LogP contribution >= 0.6 is 45.2 Å². The normalized spacial score (nSPS) is 13.1. The first-order chi connectivity index (χ1) is 11.7. The van der Waals surface area contributed by atoms with Gasteiger partial charge in [-0.25, -0.2) is 0 Å². The molecule has 1 atom stereocenters. The summed E-state index contributed by atoms with van der Waals surface area (Å²) >= 11 is 3.90. The number of alkyl halides is 2. The third kappa shape index (κ3) is 5.35. The first kappa shape index (κ1) is 20.0.